The van der Waals surface area contributed by atoms with Gasteiger partial charge in [0, 0.05) is 0 Å². The van der Waals surface area contributed by atoms with E-state index in [1.807, 2.05) is 0 Å². The second-order valence-electron chi connectivity index (χ2n) is 4.34. The average molecular weight is 213 g/mol. The number of rotatable bonds is 1. The summed E-state index contributed by atoms with van der Waals surface area (Å²) in [7, 11) is 8.50. The molecule has 0 radical (unpaired) electrons. The molecule has 0 saturated heterocycles. The molecule has 0 spiro atoms. The van der Waals surface area contributed by atoms with Crippen molar-refractivity contribution in [2.75, 3.05) is 28.2 Å². The van der Waals surface area contributed by atoms with E-state index in [-0.39, 0.29) is 11.0 Å². The fraction of sp³-hybridized carbons (Fsp3) is 0.364. The van der Waals surface area contributed by atoms with Crippen LogP contribution in [0.1, 0.15) is 10.4 Å². The van der Waals surface area contributed by atoms with Gasteiger partial charge >= 0.3 is 0 Å². The molecule has 0 aliphatic heterocycles. The summed E-state index contributed by atoms with van der Waals surface area (Å²) in [5, 5.41) is 10.1. The number of quaternary nitrogens is 1. The Hall–Kier alpha value is -1.39. The lowest BCUT2D eigenvalue weighted by molar-refractivity contribution is -0.849. The highest BCUT2D eigenvalue weighted by atomic mass is 16.4. The summed E-state index contributed by atoms with van der Waals surface area (Å²) in [5.41, 5.74) is 0.220. The van der Waals surface area contributed by atoms with Gasteiger partial charge in [-0.25, -0.2) is 0 Å². The summed E-state index contributed by atoms with van der Waals surface area (Å²) < 4.78 is 1.00. The number of hydrogen-bond acceptors (Lipinski definition) is 2. The second-order valence-corrected chi connectivity index (χ2v) is 4.34. The molecule has 1 rings (SSSR count). The van der Waals surface area contributed by atoms with Crippen LogP contribution in [-0.4, -0.2) is 44.1 Å². The van der Waals surface area contributed by atoms with E-state index in [9.17, 15) is 9.90 Å². The monoisotopic (exact) mass is 213 g/mol. The van der Waals surface area contributed by atoms with Gasteiger partial charge in [0.2, 0.25) is 0 Å². The minimum Gasteiger partial charge on any atom is -0.545 e. The molecule has 0 saturated carbocycles. The number of carbonyl (C=O) groups is 1. The first-order valence-corrected chi connectivity index (χ1v) is 4.36. The van der Waals surface area contributed by atoms with Gasteiger partial charge in [-0.05, 0) is 5.56 Å². The number of carbonyl (C=O) groups excluding carboxylic acids is 1. The van der Waals surface area contributed by atoms with Crippen molar-refractivity contribution >= 4 is 5.97 Å². The van der Waals surface area contributed by atoms with E-state index in [4.69, 9.17) is 0 Å². The van der Waals surface area contributed by atoms with Crippen molar-refractivity contribution in [2.45, 2.75) is 0 Å². The van der Waals surface area contributed by atoms with Crippen LogP contribution in [0.5, 0.6) is 0 Å². The topological polar surface area (TPSA) is 71.6 Å². The Balaban J connectivity index is 0. The number of hydrogen-bond donors (Lipinski definition) is 0. The maximum atomic E-state index is 10.1. The summed E-state index contributed by atoms with van der Waals surface area (Å²) >= 11 is 0. The van der Waals surface area contributed by atoms with Gasteiger partial charge in [0.15, 0.2) is 0 Å². The van der Waals surface area contributed by atoms with E-state index >= 15 is 0 Å². The molecule has 4 heteroatoms. The third-order valence-electron chi connectivity index (χ3n) is 1.01. The Bertz CT molecular complexity index is 272. The maximum absolute atomic E-state index is 10.1. The van der Waals surface area contributed by atoms with E-state index in [1.54, 1.807) is 18.2 Å². The van der Waals surface area contributed by atoms with Gasteiger partial charge in [-0.3, -0.25) is 0 Å². The lowest BCUT2D eigenvalue weighted by Gasteiger charge is -2.14. The van der Waals surface area contributed by atoms with E-state index in [1.165, 1.54) is 12.1 Å². The van der Waals surface area contributed by atoms with Crippen molar-refractivity contribution in [3.8, 4) is 0 Å². The van der Waals surface area contributed by atoms with Crippen LogP contribution >= 0.6 is 0 Å². The highest BCUT2D eigenvalue weighted by Crippen LogP contribution is 1.94. The Kier molecular flexibility index (Phi) is 7.47. The quantitative estimate of drug-likeness (QED) is 0.593. The first-order valence-electron chi connectivity index (χ1n) is 4.36. The highest BCUT2D eigenvalue weighted by molar-refractivity contribution is 5.85. The zero-order chi connectivity index (χ0) is 11.2. The number of aromatic carboxylic acids is 1. The molecule has 15 heavy (non-hydrogen) atoms. The lowest BCUT2D eigenvalue weighted by atomic mass is 10.2. The van der Waals surface area contributed by atoms with Crippen LogP contribution in [0.15, 0.2) is 30.3 Å². The maximum Gasteiger partial charge on any atom is 0.0715 e. The molecule has 86 valence electrons. The molecular weight excluding hydrogens is 194 g/mol. The summed E-state index contributed by atoms with van der Waals surface area (Å²) in [6.07, 6.45) is 0. The van der Waals surface area contributed by atoms with Crippen molar-refractivity contribution in [3.63, 3.8) is 0 Å². The van der Waals surface area contributed by atoms with Crippen molar-refractivity contribution < 1.29 is 19.9 Å². The number of carboxylic acid groups (broad SMARTS) is 1. The van der Waals surface area contributed by atoms with Crippen molar-refractivity contribution in [3.05, 3.63) is 35.9 Å². The number of benzene rings is 1. The van der Waals surface area contributed by atoms with Crippen LogP contribution in [-0.2, 0) is 0 Å². The first kappa shape index (κ1) is 16.1. The van der Waals surface area contributed by atoms with E-state index in [0.29, 0.717) is 0 Å². The zero-order valence-electron chi connectivity index (χ0n) is 9.65. The van der Waals surface area contributed by atoms with Crippen molar-refractivity contribution in [1.29, 1.82) is 0 Å². The van der Waals surface area contributed by atoms with Gasteiger partial charge in [0.1, 0.15) is 0 Å². The first-order chi connectivity index (χ1) is 6.30. The molecule has 1 aromatic rings. The summed E-state index contributed by atoms with van der Waals surface area (Å²) in [6, 6.07) is 8.06. The molecule has 0 aliphatic carbocycles. The molecule has 0 atom stereocenters. The predicted molar refractivity (Wildman–Crippen MR) is 58.3 cm³/mol. The molecule has 0 unspecified atom stereocenters. The van der Waals surface area contributed by atoms with Crippen LogP contribution in [0.2, 0.25) is 0 Å². The Morgan fingerprint density at radius 2 is 1.40 bits per heavy atom. The Morgan fingerprint density at radius 3 is 1.60 bits per heavy atom. The second kappa shape index (κ2) is 6.98. The lowest BCUT2D eigenvalue weighted by Crippen LogP contribution is -2.27. The minimum absolute atomic E-state index is 0. The zero-order valence-corrected chi connectivity index (χ0v) is 9.65. The van der Waals surface area contributed by atoms with Gasteiger partial charge < -0.3 is 19.9 Å². The molecular formula is C11H19NO3. The summed E-state index contributed by atoms with van der Waals surface area (Å²) in [6.45, 7) is 0. The van der Waals surface area contributed by atoms with Crippen LogP contribution in [0.3, 0.4) is 0 Å². The predicted octanol–water partition coefficient (Wildman–Crippen LogP) is -0.452. The van der Waals surface area contributed by atoms with Gasteiger partial charge in [-0.1, -0.05) is 30.3 Å². The van der Waals surface area contributed by atoms with Crippen LogP contribution in [0.25, 0.3) is 0 Å². The largest absolute Gasteiger partial charge is 0.545 e. The van der Waals surface area contributed by atoms with E-state index in [2.05, 4.69) is 28.2 Å². The smallest absolute Gasteiger partial charge is 0.0715 e. The third-order valence-corrected chi connectivity index (χ3v) is 1.01. The molecule has 0 fully saturated rings. The fourth-order valence-corrected chi connectivity index (χ4v) is 0.574. The van der Waals surface area contributed by atoms with Crippen LogP contribution in [0, 0.1) is 0 Å². The molecule has 1 aromatic carbocycles. The van der Waals surface area contributed by atoms with Gasteiger partial charge in [0.05, 0.1) is 34.2 Å². The third kappa shape index (κ3) is 12.6. The van der Waals surface area contributed by atoms with Gasteiger partial charge in [-0.15, -0.1) is 0 Å². The fourth-order valence-electron chi connectivity index (χ4n) is 0.574. The van der Waals surface area contributed by atoms with E-state index in [0.717, 1.165) is 4.48 Å². The Labute approximate surface area is 90.7 Å². The normalized spacial score (nSPS) is 9.33. The highest BCUT2D eigenvalue weighted by Gasteiger charge is 1.88. The van der Waals surface area contributed by atoms with E-state index < -0.39 is 5.97 Å². The van der Waals surface area contributed by atoms with Crippen LogP contribution in [0.4, 0.5) is 0 Å². The molecule has 0 heterocycles. The molecule has 0 aromatic heterocycles. The number of carboxylic acids is 1. The summed E-state index contributed by atoms with van der Waals surface area (Å²) in [4.78, 5) is 10.1. The molecule has 0 bridgehead atoms. The molecule has 0 amide bonds. The minimum atomic E-state index is -1.13. The van der Waals surface area contributed by atoms with Crippen molar-refractivity contribution in [2.24, 2.45) is 0 Å². The Morgan fingerprint density at radius 1 is 1.07 bits per heavy atom. The molecule has 4 nitrogen and oxygen atoms in total. The van der Waals surface area contributed by atoms with Crippen molar-refractivity contribution in [1.82, 2.24) is 0 Å². The number of nitrogens with zero attached hydrogens (tertiary/aromatic N) is 1. The summed E-state index contributed by atoms with van der Waals surface area (Å²) in [5.74, 6) is -1.13. The average Bonchev–Trinajstić information content (AvgIpc) is 2.03. The molecule has 0 aliphatic rings. The van der Waals surface area contributed by atoms with Crippen LogP contribution < -0.4 is 5.11 Å². The standard InChI is InChI=1S/C7H6O2.C4H12N.H2O/c8-7(9)6-4-2-1-3-5-6;1-5(2,3)4;/h1-5H,(H,8,9);1-4H3;1H2/q;+1;/p-1. The molecule has 2 N–H and O–H groups in total. The van der Waals surface area contributed by atoms with Gasteiger partial charge in [-0.2, -0.15) is 0 Å². The van der Waals surface area contributed by atoms with Gasteiger partial charge in [0.25, 0.3) is 0 Å². The SMILES string of the molecule is C[N+](C)(C)C.O.O=C([O-])c1ccccc1.